The summed E-state index contributed by atoms with van der Waals surface area (Å²) in [6.07, 6.45) is 3.02. The van der Waals surface area contributed by atoms with Gasteiger partial charge in [-0.1, -0.05) is 22.8 Å². The highest BCUT2D eigenvalue weighted by Crippen LogP contribution is 2.21. The standard InChI is InChI=1S/C17H11ClN4O3S/c18-11-3-5-12(6-4-11)22-8-7-21(16(23)17(22)24)10-14-19-15(20-25-14)13-2-1-9-26-13/h1-9H,10H2. The van der Waals surface area contributed by atoms with E-state index in [0.29, 0.717) is 16.5 Å². The van der Waals surface area contributed by atoms with Gasteiger partial charge in [-0.15, -0.1) is 11.3 Å². The first-order chi connectivity index (χ1) is 12.6. The lowest BCUT2D eigenvalue weighted by atomic mass is 10.3. The monoisotopic (exact) mass is 386 g/mol. The molecule has 0 aliphatic carbocycles. The van der Waals surface area contributed by atoms with Gasteiger partial charge in [-0.2, -0.15) is 4.98 Å². The zero-order valence-electron chi connectivity index (χ0n) is 13.2. The molecule has 0 saturated carbocycles. The van der Waals surface area contributed by atoms with Crippen LogP contribution in [0.3, 0.4) is 0 Å². The van der Waals surface area contributed by atoms with E-state index in [1.807, 2.05) is 17.5 Å². The molecule has 0 atom stereocenters. The van der Waals surface area contributed by atoms with Crippen molar-refractivity contribution in [1.29, 1.82) is 0 Å². The zero-order valence-corrected chi connectivity index (χ0v) is 14.8. The van der Waals surface area contributed by atoms with Crippen molar-refractivity contribution in [3.63, 3.8) is 0 Å². The van der Waals surface area contributed by atoms with Crippen molar-refractivity contribution in [2.75, 3.05) is 0 Å². The van der Waals surface area contributed by atoms with E-state index in [-0.39, 0.29) is 12.4 Å². The van der Waals surface area contributed by atoms with Gasteiger partial charge in [0.05, 0.1) is 4.88 Å². The van der Waals surface area contributed by atoms with Crippen molar-refractivity contribution < 1.29 is 4.52 Å². The molecule has 9 heteroatoms. The molecular formula is C17H11ClN4O3S. The lowest BCUT2D eigenvalue weighted by molar-refractivity contribution is 0.369. The number of hydrogen-bond acceptors (Lipinski definition) is 6. The fourth-order valence-electron chi connectivity index (χ4n) is 2.41. The second kappa shape index (κ2) is 6.74. The molecule has 1 aromatic carbocycles. The molecule has 0 aliphatic rings. The number of halogens is 1. The van der Waals surface area contributed by atoms with Crippen LogP contribution in [0.1, 0.15) is 5.89 Å². The molecule has 0 saturated heterocycles. The quantitative estimate of drug-likeness (QED) is 0.503. The molecular weight excluding hydrogens is 376 g/mol. The summed E-state index contributed by atoms with van der Waals surface area (Å²) in [5.41, 5.74) is -0.799. The van der Waals surface area contributed by atoms with Crippen molar-refractivity contribution in [2.45, 2.75) is 6.54 Å². The molecule has 0 spiro atoms. The predicted molar refractivity (Wildman–Crippen MR) is 98.0 cm³/mol. The maximum absolute atomic E-state index is 12.4. The minimum absolute atomic E-state index is 0.0217. The minimum atomic E-state index is -0.682. The number of thiophene rings is 1. The molecule has 0 bridgehead atoms. The molecule has 0 aliphatic heterocycles. The molecule has 3 aromatic heterocycles. The third kappa shape index (κ3) is 3.12. The van der Waals surface area contributed by atoms with Crippen LogP contribution >= 0.6 is 22.9 Å². The van der Waals surface area contributed by atoms with Crippen LogP contribution in [-0.2, 0) is 6.54 Å². The SMILES string of the molecule is O=c1c(=O)n(-c2ccc(Cl)cc2)ccn1Cc1nc(-c2cccs2)no1. The third-order valence-corrected chi connectivity index (χ3v) is 4.80. The summed E-state index contributed by atoms with van der Waals surface area (Å²) in [5, 5.41) is 6.35. The molecule has 0 radical (unpaired) electrons. The predicted octanol–water partition coefficient (Wildman–Crippen LogP) is 2.81. The lowest BCUT2D eigenvalue weighted by Crippen LogP contribution is -2.40. The van der Waals surface area contributed by atoms with E-state index < -0.39 is 11.1 Å². The topological polar surface area (TPSA) is 82.9 Å². The Morgan fingerprint density at radius 2 is 1.88 bits per heavy atom. The number of benzene rings is 1. The fraction of sp³-hybridized carbons (Fsp3) is 0.0588. The summed E-state index contributed by atoms with van der Waals surface area (Å²) in [6.45, 7) is 0.0217. The van der Waals surface area contributed by atoms with Gasteiger partial charge in [-0.3, -0.25) is 18.7 Å². The first-order valence-corrected chi connectivity index (χ1v) is 8.82. The van der Waals surface area contributed by atoms with Crippen LogP contribution in [0, 0.1) is 0 Å². The average molecular weight is 387 g/mol. The maximum Gasteiger partial charge on any atom is 0.320 e. The van der Waals surface area contributed by atoms with E-state index in [2.05, 4.69) is 10.1 Å². The highest BCUT2D eigenvalue weighted by molar-refractivity contribution is 7.13. The summed E-state index contributed by atoms with van der Waals surface area (Å²) in [4.78, 5) is 29.9. The Kier molecular flexibility index (Phi) is 4.27. The Hall–Kier alpha value is -2.97. The van der Waals surface area contributed by atoms with Crippen LogP contribution in [0.25, 0.3) is 16.4 Å². The summed E-state index contributed by atoms with van der Waals surface area (Å²) < 4.78 is 7.68. The highest BCUT2D eigenvalue weighted by Gasteiger charge is 2.12. The van der Waals surface area contributed by atoms with Crippen molar-refractivity contribution >= 4 is 22.9 Å². The van der Waals surface area contributed by atoms with Gasteiger partial charge in [0, 0.05) is 23.1 Å². The van der Waals surface area contributed by atoms with Gasteiger partial charge < -0.3 is 4.52 Å². The Morgan fingerprint density at radius 3 is 2.62 bits per heavy atom. The van der Waals surface area contributed by atoms with Crippen LogP contribution in [0.4, 0.5) is 0 Å². The van der Waals surface area contributed by atoms with E-state index >= 15 is 0 Å². The highest BCUT2D eigenvalue weighted by atomic mass is 35.5. The Labute approximate surface area is 155 Å². The second-order valence-corrected chi connectivity index (χ2v) is 6.76. The molecule has 0 N–H and O–H groups in total. The first kappa shape index (κ1) is 16.5. The second-order valence-electron chi connectivity index (χ2n) is 5.37. The molecule has 4 aromatic rings. The van der Waals surface area contributed by atoms with E-state index in [9.17, 15) is 9.59 Å². The molecule has 7 nitrogen and oxygen atoms in total. The van der Waals surface area contributed by atoms with Gasteiger partial charge in [0.25, 0.3) is 0 Å². The number of aromatic nitrogens is 4. The Bertz CT molecular complexity index is 1160. The van der Waals surface area contributed by atoms with Gasteiger partial charge in [-0.05, 0) is 35.7 Å². The normalized spacial score (nSPS) is 11.0. The smallest absolute Gasteiger partial charge is 0.320 e. The van der Waals surface area contributed by atoms with Crippen molar-refractivity contribution in [3.8, 4) is 16.4 Å². The maximum atomic E-state index is 12.4. The van der Waals surface area contributed by atoms with E-state index in [0.717, 1.165) is 4.88 Å². The molecule has 0 fully saturated rings. The lowest BCUT2D eigenvalue weighted by Gasteiger charge is -2.07. The van der Waals surface area contributed by atoms with Gasteiger partial charge in [0.15, 0.2) is 0 Å². The van der Waals surface area contributed by atoms with Gasteiger partial charge in [-0.25, -0.2) is 0 Å². The van der Waals surface area contributed by atoms with Crippen LogP contribution in [0.2, 0.25) is 5.02 Å². The summed E-state index contributed by atoms with van der Waals surface area (Å²) in [5.74, 6) is 0.705. The molecule has 130 valence electrons. The number of hydrogen-bond donors (Lipinski definition) is 0. The van der Waals surface area contributed by atoms with Gasteiger partial charge in [0.1, 0.15) is 6.54 Å². The van der Waals surface area contributed by atoms with Crippen LogP contribution < -0.4 is 11.1 Å². The van der Waals surface area contributed by atoms with Crippen LogP contribution in [0.15, 0.2) is 68.3 Å². The van der Waals surface area contributed by atoms with Crippen molar-refractivity contribution in [1.82, 2.24) is 19.3 Å². The minimum Gasteiger partial charge on any atom is -0.337 e. The van der Waals surface area contributed by atoms with Crippen molar-refractivity contribution in [2.24, 2.45) is 0 Å². The summed E-state index contributed by atoms with van der Waals surface area (Å²) >= 11 is 7.33. The van der Waals surface area contributed by atoms with Crippen LogP contribution in [-0.4, -0.2) is 19.3 Å². The largest absolute Gasteiger partial charge is 0.337 e. The molecule has 26 heavy (non-hydrogen) atoms. The zero-order chi connectivity index (χ0) is 18.1. The Morgan fingerprint density at radius 1 is 1.08 bits per heavy atom. The molecule has 0 amide bonds. The molecule has 4 rings (SSSR count). The molecule has 0 unspecified atom stereocenters. The fourth-order valence-corrected chi connectivity index (χ4v) is 3.18. The van der Waals surface area contributed by atoms with Gasteiger partial charge in [0.2, 0.25) is 11.7 Å². The van der Waals surface area contributed by atoms with E-state index in [1.165, 1.54) is 32.9 Å². The number of nitrogens with zero attached hydrogens (tertiary/aromatic N) is 4. The summed E-state index contributed by atoms with van der Waals surface area (Å²) in [6, 6.07) is 10.4. The first-order valence-electron chi connectivity index (χ1n) is 7.56. The van der Waals surface area contributed by atoms with Crippen LogP contribution in [0.5, 0.6) is 0 Å². The van der Waals surface area contributed by atoms with Crippen molar-refractivity contribution in [3.05, 3.63) is 85.8 Å². The third-order valence-electron chi connectivity index (χ3n) is 3.68. The number of rotatable bonds is 4. The van der Waals surface area contributed by atoms with E-state index in [4.69, 9.17) is 16.1 Å². The average Bonchev–Trinajstić information content (AvgIpc) is 3.32. The van der Waals surface area contributed by atoms with Gasteiger partial charge >= 0.3 is 11.1 Å². The molecule has 3 heterocycles. The Balaban J connectivity index is 1.64. The summed E-state index contributed by atoms with van der Waals surface area (Å²) in [7, 11) is 0. The van der Waals surface area contributed by atoms with E-state index in [1.54, 1.807) is 24.3 Å².